The number of aromatic amines is 2. The molecule has 3 aromatic rings. The number of hydrogen-bond donors (Lipinski definition) is 2. The molecule has 6 aliphatic rings. The van der Waals surface area contributed by atoms with Crippen molar-refractivity contribution < 1.29 is 37.9 Å². The lowest BCUT2D eigenvalue weighted by molar-refractivity contribution is -0.139. The first kappa shape index (κ1) is 34.1. The number of nitrogens with one attached hydrogen (secondary N) is 2. The Labute approximate surface area is 302 Å². The van der Waals surface area contributed by atoms with E-state index in [0.29, 0.717) is 26.4 Å². The maximum atomic E-state index is 6.49. The Balaban J connectivity index is 1.37. The fourth-order valence-electron chi connectivity index (χ4n) is 7.97. The maximum absolute atomic E-state index is 6.49. The molecular formula is C40H46N4O8. The van der Waals surface area contributed by atoms with Crippen LogP contribution in [0.5, 0.6) is 0 Å². The van der Waals surface area contributed by atoms with E-state index in [-0.39, 0.29) is 24.4 Å². The van der Waals surface area contributed by atoms with Gasteiger partial charge in [0.25, 0.3) is 0 Å². The van der Waals surface area contributed by atoms with Gasteiger partial charge in [-0.1, -0.05) is 0 Å². The SMILES string of the molecule is CC1(C)OC[C@@H](c2c3nc(c([C@H]4COC(C)(C)O4)c4ccc([nH]4)c([C@H]4COC(C)(C)O4)c4nc(c([C@H]5COC(C)(C)O5)c5ccc2[nH]5)C=C4)C=C3)O1. The molecule has 8 bridgehead atoms. The number of rotatable bonds is 4. The highest BCUT2D eigenvalue weighted by atomic mass is 16.8. The number of aromatic nitrogens is 4. The summed E-state index contributed by atoms with van der Waals surface area (Å²) >= 11 is 0. The molecule has 12 heteroatoms. The molecule has 0 spiro atoms. The van der Waals surface area contributed by atoms with Crippen LogP contribution in [0.3, 0.4) is 0 Å². The molecule has 6 aliphatic heterocycles. The summed E-state index contributed by atoms with van der Waals surface area (Å²) in [6.45, 7) is 17.0. The highest BCUT2D eigenvalue weighted by Gasteiger charge is 2.40. The number of H-pyrrole nitrogens is 2. The number of nitrogens with zero attached hydrogens (tertiary/aromatic N) is 2. The van der Waals surface area contributed by atoms with Gasteiger partial charge in [0.15, 0.2) is 23.1 Å². The van der Waals surface area contributed by atoms with Crippen molar-refractivity contribution in [3.63, 3.8) is 0 Å². The van der Waals surface area contributed by atoms with Gasteiger partial charge in [-0.3, -0.25) is 0 Å². The lowest BCUT2D eigenvalue weighted by atomic mass is 10.1. The topological polar surface area (TPSA) is 131 Å². The Morgan fingerprint density at radius 1 is 0.423 bits per heavy atom. The summed E-state index contributed by atoms with van der Waals surface area (Å²) in [5, 5.41) is 0. The van der Waals surface area contributed by atoms with Crippen molar-refractivity contribution in [2.45, 2.75) is 103 Å². The fraction of sp³-hybridized carbons (Fsp3) is 0.500. The largest absolute Gasteiger partial charge is 0.355 e. The van der Waals surface area contributed by atoms with E-state index in [0.717, 1.165) is 67.1 Å². The summed E-state index contributed by atoms with van der Waals surface area (Å²) in [4.78, 5) is 18.0. The zero-order valence-corrected chi connectivity index (χ0v) is 30.9. The van der Waals surface area contributed by atoms with Crippen LogP contribution in [-0.4, -0.2) is 69.5 Å². The van der Waals surface area contributed by atoms with Crippen LogP contribution >= 0.6 is 0 Å². The van der Waals surface area contributed by atoms with E-state index in [9.17, 15) is 0 Å². The van der Waals surface area contributed by atoms with Gasteiger partial charge in [-0.2, -0.15) is 0 Å². The van der Waals surface area contributed by atoms with Crippen molar-refractivity contribution in [3.05, 3.63) is 69.3 Å². The Morgan fingerprint density at radius 2 is 0.654 bits per heavy atom. The highest BCUT2D eigenvalue weighted by molar-refractivity contribution is 5.84. The van der Waals surface area contributed by atoms with Gasteiger partial charge >= 0.3 is 0 Å². The highest BCUT2D eigenvalue weighted by Crippen LogP contribution is 2.43. The first-order valence-electron chi connectivity index (χ1n) is 18.1. The van der Waals surface area contributed by atoms with Gasteiger partial charge in [0.05, 0.1) is 49.2 Å². The Hall–Kier alpha value is -3.72. The van der Waals surface area contributed by atoms with Crippen LogP contribution in [0, 0.1) is 0 Å². The van der Waals surface area contributed by atoms with Crippen LogP contribution in [0.4, 0.5) is 0 Å². The van der Waals surface area contributed by atoms with Crippen LogP contribution in [-0.2, 0) is 37.9 Å². The first-order valence-corrected chi connectivity index (χ1v) is 18.1. The van der Waals surface area contributed by atoms with Gasteiger partial charge in [0.2, 0.25) is 0 Å². The second-order valence-corrected chi connectivity index (χ2v) is 15.9. The van der Waals surface area contributed by atoms with E-state index in [2.05, 4.69) is 34.2 Å². The van der Waals surface area contributed by atoms with Gasteiger partial charge in [-0.05, 0) is 104 Å². The van der Waals surface area contributed by atoms with E-state index < -0.39 is 23.1 Å². The Kier molecular flexibility index (Phi) is 7.79. The Morgan fingerprint density at radius 3 is 0.846 bits per heavy atom. The summed E-state index contributed by atoms with van der Waals surface area (Å²) in [6.07, 6.45) is 6.66. The van der Waals surface area contributed by atoms with Crippen molar-refractivity contribution in [2.75, 3.05) is 26.4 Å². The average molecular weight is 711 g/mol. The molecule has 0 aliphatic carbocycles. The molecule has 4 saturated heterocycles. The number of hydrogen-bond acceptors (Lipinski definition) is 10. The summed E-state index contributed by atoms with van der Waals surface area (Å²) in [5.74, 6) is -2.99. The summed E-state index contributed by atoms with van der Waals surface area (Å²) in [7, 11) is 0. The molecule has 274 valence electrons. The van der Waals surface area contributed by atoms with Gasteiger partial charge in [0.1, 0.15) is 24.4 Å². The molecule has 3 aromatic heterocycles. The van der Waals surface area contributed by atoms with Gasteiger partial charge in [-0.25, -0.2) is 9.97 Å². The number of ether oxygens (including phenoxy) is 8. The molecule has 0 unspecified atom stereocenters. The van der Waals surface area contributed by atoms with Crippen LogP contribution in [0.25, 0.3) is 46.4 Å². The quantitative estimate of drug-likeness (QED) is 0.189. The average Bonchev–Trinajstić information content (AvgIpc) is 3.90. The van der Waals surface area contributed by atoms with Crippen molar-refractivity contribution in [2.24, 2.45) is 0 Å². The minimum Gasteiger partial charge on any atom is -0.355 e. The van der Waals surface area contributed by atoms with Gasteiger partial charge in [0, 0.05) is 44.3 Å². The van der Waals surface area contributed by atoms with Crippen LogP contribution < -0.4 is 0 Å². The predicted octanol–water partition coefficient (Wildman–Crippen LogP) is 7.95. The number of fused-ring (bicyclic) bond motifs is 8. The molecule has 4 fully saturated rings. The first-order chi connectivity index (χ1) is 24.6. The van der Waals surface area contributed by atoms with Crippen LogP contribution in [0.2, 0.25) is 0 Å². The lowest BCUT2D eigenvalue weighted by Crippen LogP contribution is -2.20. The minimum atomic E-state index is -0.749. The van der Waals surface area contributed by atoms with Gasteiger partial charge in [-0.15, -0.1) is 0 Å². The zero-order valence-electron chi connectivity index (χ0n) is 30.9. The van der Waals surface area contributed by atoms with E-state index in [1.165, 1.54) is 0 Å². The molecule has 0 aromatic carbocycles. The van der Waals surface area contributed by atoms with Crippen LogP contribution in [0.1, 0.15) is 125 Å². The molecule has 0 amide bonds. The second-order valence-electron chi connectivity index (χ2n) is 15.9. The molecule has 9 heterocycles. The third-order valence-electron chi connectivity index (χ3n) is 10.2. The molecule has 2 N–H and O–H groups in total. The summed E-state index contributed by atoms with van der Waals surface area (Å²) in [6, 6.07) is 8.27. The third kappa shape index (κ3) is 6.14. The predicted molar refractivity (Wildman–Crippen MR) is 194 cm³/mol. The summed E-state index contributed by atoms with van der Waals surface area (Å²) in [5.41, 5.74) is 10.1. The minimum absolute atomic E-state index is 0.374. The molecule has 0 saturated carbocycles. The van der Waals surface area contributed by atoms with Crippen LogP contribution in [0.15, 0.2) is 24.3 Å². The molecule has 12 nitrogen and oxygen atoms in total. The third-order valence-corrected chi connectivity index (χ3v) is 10.2. The van der Waals surface area contributed by atoms with E-state index in [4.69, 9.17) is 47.9 Å². The van der Waals surface area contributed by atoms with E-state index in [1.807, 2.05) is 79.7 Å². The summed E-state index contributed by atoms with van der Waals surface area (Å²) < 4.78 is 50.3. The standard InChI is InChI=1S/C40H46N4O8/c1-37(2)45-17-29(49-37)33-21-9-11-23(41-21)34(30-18-46-38(3,4)50-30)25-13-15-27(43-25)36(32-20-48-40(7,8)52-32)28-16-14-26(44-28)35(24-12-10-22(33)42-24)31-19-47-39(5,6)51-31/h9-16,29-32,41,44H,17-20H2,1-8H3/t29-,30-,31-,32+/m1/s1. The molecule has 0 radical (unpaired) electrons. The molecule has 4 atom stereocenters. The van der Waals surface area contributed by atoms with Crippen molar-refractivity contribution in [1.29, 1.82) is 0 Å². The monoisotopic (exact) mass is 710 g/mol. The zero-order chi connectivity index (χ0) is 36.2. The Bertz CT molecular complexity index is 1880. The van der Waals surface area contributed by atoms with Gasteiger partial charge < -0.3 is 47.9 Å². The second kappa shape index (κ2) is 11.9. The smallest absolute Gasteiger partial charge is 0.163 e. The van der Waals surface area contributed by atoms with Crippen molar-refractivity contribution >= 4 is 46.4 Å². The lowest BCUT2D eigenvalue weighted by Gasteiger charge is -2.18. The molecule has 9 rings (SSSR count). The maximum Gasteiger partial charge on any atom is 0.163 e. The van der Waals surface area contributed by atoms with Crippen molar-refractivity contribution in [3.8, 4) is 0 Å². The van der Waals surface area contributed by atoms with E-state index in [1.54, 1.807) is 0 Å². The fourth-order valence-corrected chi connectivity index (χ4v) is 7.97. The van der Waals surface area contributed by atoms with E-state index >= 15 is 0 Å². The van der Waals surface area contributed by atoms with Crippen molar-refractivity contribution in [1.82, 2.24) is 19.9 Å². The molecule has 52 heavy (non-hydrogen) atoms. The molecular weight excluding hydrogens is 664 g/mol. The normalized spacial score (nSPS) is 28.3.